The second-order valence-corrected chi connectivity index (χ2v) is 9.97. The van der Waals surface area contributed by atoms with E-state index in [2.05, 4.69) is 5.32 Å². The van der Waals surface area contributed by atoms with Crippen molar-refractivity contribution >= 4 is 40.9 Å². The number of halogens is 3. The Hall–Kier alpha value is -3.18. The summed E-state index contributed by atoms with van der Waals surface area (Å²) in [6.07, 6.45) is 3.86. The highest BCUT2D eigenvalue weighted by atomic mass is 35.5. The fourth-order valence-corrected chi connectivity index (χ4v) is 4.72. The van der Waals surface area contributed by atoms with E-state index in [1.54, 1.807) is 23.3 Å². The number of piperidine rings is 1. The summed E-state index contributed by atoms with van der Waals surface area (Å²) in [6.45, 7) is 3.78. The lowest BCUT2D eigenvalue weighted by atomic mass is 10.0. The fourth-order valence-electron chi connectivity index (χ4n) is 4.72. The predicted molar refractivity (Wildman–Crippen MR) is 143 cm³/mol. The number of anilines is 1. The van der Waals surface area contributed by atoms with E-state index in [0.717, 1.165) is 18.9 Å². The van der Waals surface area contributed by atoms with Gasteiger partial charge in [-0.15, -0.1) is 12.4 Å². The van der Waals surface area contributed by atoms with Gasteiger partial charge in [0.15, 0.2) is 11.6 Å². The number of nitrogens with two attached hydrogens (primary N) is 1. The summed E-state index contributed by atoms with van der Waals surface area (Å²) < 4.78 is 37.9. The summed E-state index contributed by atoms with van der Waals surface area (Å²) in [5.41, 5.74) is 5.43. The largest absolute Gasteiger partial charge is 0.492 e. The van der Waals surface area contributed by atoms with E-state index in [-0.39, 0.29) is 54.3 Å². The van der Waals surface area contributed by atoms with Crippen molar-refractivity contribution in [2.24, 2.45) is 11.7 Å². The minimum atomic E-state index is -1.38. The average molecular weight is 555 g/mol. The van der Waals surface area contributed by atoms with Crippen LogP contribution < -0.4 is 26.1 Å². The summed E-state index contributed by atoms with van der Waals surface area (Å²) in [6, 6.07) is 0.272. The van der Waals surface area contributed by atoms with Gasteiger partial charge in [0, 0.05) is 25.3 Å². The molecule has 9 nitrogen and oxygen atoms in total. The summed E-state index contributed by atoms with van der Waals surface area (Å²) in [7, 11) is 1.36. The minimum absolute atomic E-state index is 0. The first-order valence-electron chi connectivity index (χ1n) is 12.4. The Labute approximate surface area is 225 Å². The van der Waals surface area contributed by atoms with Crippen LogP contribution in [0.1, 0.15) is 55.9 Å². The van der Waals surface area contributed by atoms with Gasteiger partial charge in [0.25, 0.3) is 0 Å². The normalized spacial score (nSPS) is 17.7. The molecule has 1 amide bonds. The van der Waals surface area contributed by atoms with E-state index >= 15 is 8.78 Å². The maximum atomic E-state index is 15.6. The SMILES string of the molecule is COc1c(N2CCCC(=C(F)CNC(=O)[C@@H](N)C(C)C)C2)c(F)cc2c(=O)c(C(=O)O)cn(C3CC3)c12.Cl. The molecule has 2 aromatic rings. The zero-order valence-corrected chi connectivity index (χ0v) is 22.4. The van der Waals surface area contributed by atoms with Crippen LogP contribution in [0.5, 0.6) is 5.75 Å². The third kappa shape index (κ3) is 5.63. The number of hydrogen-bond acceptors (Lipinski definition) is 6. The zero-order chi connectivity index (χ0) is 27.0. The van der Waals surface area contributed by atoms with E-state index < -0.39 is 40.6 Å². The molecule has 0 radical (unpaired) electrons. The van der Waals surface area contributed by atoms with Gasteiger partial charge in [0.1, 0.15) is 17.1 Å². The van der Waals surface area contributed by atoms with Gasteiger partial charge in [0.05, 0.1) is 30.6 Å². The molecule has 0 unspecified atom stereocenters. The number of fused-ring (bicyclic) bond motifs is 1. The van der Waals surface area contributed by atoms with Crippen LogP contribution in [0.4, 0.5) is 14.5 Å². The molecular formula is C26H33ClF2N4O5. The van der Waals surface area contributed by atoms with Crippen LogP contribution in [0.15, 0.2) is 28.5 Å². The lowest BCUT2D eigenvalue weighted by Crippen LogP contribution is -2.44. The predicted octanol–water partition coefficient (Wildman–Crippen LogP) is 3.53. The van der Waals surface area contributed by atoms with Gasteiger partial charge < -0.3 is 30.4 Å². The van der Waals surface area contributed by atoms with Crippen LogP contribution in [0, 0.1) is 11.7 Å². The quantitative estimate of drug-likeness (QED) is 0.455. The van der Waals surface area contributed by atoms with E-state index in [4.69, 9.17) is 10.5 Å². The molecule has 2 heterocycles. The average Bonchev–Trinajstić information content (AvgIpc) is 3.71. The van der Waals surface area contributed by atoms with Crippen LogP contribution in [0.2, 0.25) is 0 Å². The molecule has 38 heavy (non-hydrogen) atoms. The van der Waals surface area contributed by atoms with Crippen LogP contribution >= 0.6 is 12.4 Å². The second kappa shape index (κ2) is 11.7. The number of carboxylic acid groups (broad SMARTS) is 1. The molecular weight excluding hydrogens is 522 g/mol. The lowest BCUT2D eigenvalue weighted by Gasteiger charge is -2.33. The first-order valence-corrected chi connectivity index (χ1v) is 12.4. The molecule has 2 aliphatic rings. The number of hydrogen-bond donors (Lipinski definition) is 3. The molecule has 1 aliphatic heterocycles. The molecule has 2 fully saturated rings. The van der Waals surface area contributed by atoms with Crippen molar-refractivity contribution in [3.8, 4) is 5.75 Å². The van der Waals surface area contributed by atoms with E-state index in [1.807, 2.05) is 0 Å². The number of aromatic nitrogens is 1. The van der Waals surface area contributed by atoms with Gasteiger partial charge in [-0.2, -0.15) is 0 Å². The molecule has 208 valence electrons. The molecule has 0 spiro atoms. The molecule has 4 N–H and O–H groups in total. The van der Waals surface area contributed by atoms with Crippen LogP contribution in [0.25, 0.3) is 10.9 Å². The molecule has 12 heteroatoms. The number of methoxy groups -OCH3 is 1. The van der Waals surface area contributed by atoms with E-state index in [0.29, 0.717) is 30.5 Å². The number of nitrogens with one attached hydrogen (secondary N) is 1. The molecule has 4 rings (SSSR count). The Kier molecular flexibility index (Phi) is 9.04. The molecule has 1 saturated heterocycles. The Morgan fingerprint density at radius 2 is 2.00 bits per heavy atom. The molecule has 1 saturated carbocycles. The maximum absolute atomic E-state index is 15.6. The molecule has 1 atom stereocenters. The number of benzene rings is 1. The van der Waals surface area contributed by atoms with Gasteiger partial charge in [-0.1, -0.05) is 13.8 Å². The first kappa shape index (κ1) is 29.4. The van der Waals surface area contributed by atoms with Crippen molar-refractivity contribution in [1.82, 2.24) is 9.88 Å². The molecule has 1 aromatic heterocycles. The zero-order valence-electron chi connectivity index (χ0n) is 21.6. The molecule has 1 aliphatic carbocycles. The summed E-state index contributed by atoms with van der Waals surface area (Å²) >= 11 is 0. The Bertz CT molecular complexity index is 1340. The standard InChI is InChI=1S/C26H32F2N4O5.ClH/c1-13(2)20(29)25(34)30-10-19(28)14-5-4-8-31(11-14)22-18(27)9-16-21(24(22)37-3)32(15-6-7-15)12-17(23(16)33)26(35)36;/h9,12-13,15,20H,4-8,10-11,29H2,1-3H3,(H,30,34)(H,35,36);1H/t20-;/m0./s1. The third-order valence-electron chi connectivity index (χ3n) is 7.00. The number of pyridine rings is 1. The van der Waals surface area contributed by atoms with Gasteiger partial charge in [-0.25, -0.2) is 13.6 Å². The number of nitrogens with zero attached hydrogens (tertiary/aromatic N) is 2. The highest BCUT2D eigenvalue weighted by Gasteiger charge is 2.32. The van der Waals surface area contributed by atoms with Crippen molar-refractivity contribution < 1.29 is 28.2 Å². The fraction of sp³-hybridized carbons (Fsp3) is 0.500. The molecule has 1 aromatic carbocycles. The Morgan fingerprint density at radius 1 is 1.32 bits per heavy atom. The van der Waals surface area contributed by atoms with E-state index in [1.165, 1.54) is 13.3 Å². The van der Waals surface area contributed by atoms with E-state index in [9.17, 15) is 19.5 Å². The summed E-state index contributed by atoms with van der Waals surface area (Å²) in [5, 5.41) is 11.9. The highest BCUT2D eigenvalue weighted by Crippen LogP contribution is 2.44. The smallest absolute Gasteiger partial charge is 0.341 e. The van der Waals surface area contributed by atoms with Crippen molar-refractivity contribution in [2.75, 3.05) is 31.6 Å². The maximum Gasteiger partial charge on any atom is 0.341 e. The number of carbonyl (C=O) groups excluding carboxylic acids is 1. The van der Waals surface area contributed by atoms with Gasteiger partial charge in [-0.05, 0) is 43.2 Å². The minimum Gasteiger partial charge on any atom is -0.492 e. The monoisotopic (exact) mass is 554 g/mol. The summed E-state index contributed by atoms with van der Waals surface area (Å²) in [5.74, 6) is -3.08. The summed E-state index contributed by atoms with van der Waals surface area (Å²) in [4.78, 5) is 38.3. The molecule has 0 bridgehead atoms. The third-order valence-corrected chi connectivity index (χ3v) is 7.00. The number of carboxylic acids is 1. The lowest BCUT2D eigenvalue weighted by molar-refractivity contribution is -0.123. The van der Waals surface area contributed by atoms with Crippen LogP contribution in [0.3, 0.4) is 0 Å². The van der Waals surface area contributed by atoms with Crippen molar-refractivity contribution in [3.05, 3.63) is 45.3 Å². The number of ether oxygens (including phenoxy) is 1. The van der Waals surface area contributed by atoms with Gasteiger partial charge in [0.2, 0.25) is 11.3 Å². The van der Waals surface area contributed by atoms with Crippen molar-refractivity contribution in [3.63, 3.8) is 0 Å². The van der Waals surface area contributed by atoms with Crippen LogP contribution in [-0.2, 0) is 4.79 Å². The Morgan fingerprint density at radius 3 is 2.58 bits per heavy atom. The number of carbonyl (C=O) groups is 2. The number of amides is 1. The number of rotatable bonds is 8. The topological polar surface area (TPSA) is 127 Å². The first-order chi connectivity index (χ1) is 17.5. The van der Waals surface area contributed by atoms with Gasteiger partial charge in [-0.3, -0.25) is 9.59 Å². The Balaban J connectivity index is 0.00000400. The van der Waals surface area contributed by atoms with Crippen molar-refractivity contribution in [2.45, 2.75) is 51.6 Å². The highest BCUT2D eigenvalue weighted by molar-refractivity contribution is 5.97. The van der Waals surface area contributed by atoms with Crippen LogP contribution in [-0.4, -0.2) is 54.3 Å². The number of aromatic carboxylic acids is 1. The van der Waals surface area contributed by atoms with Crippen molar-refractivity contribution in [1.29, 1.82) is 0 Å². The van der Waals surface area contributed by atoms with Gasteiger partial charge >= 0.3 is 5.97 Å². The second-order valence-electron chi connectivity index (χ2n) is 9.97.